The lowest BCUT2D eigenvalue weighted by Gasteiger charge is -2.13. The molecule has 1 aliphatic rings. The van der Waals surface area contributed by atoms with Crippen LogP contribution >= 0.6 is 0 Å². The predicted octanol–water partition coefficient (Wildman–Crippen LogP) is 1.89. The largest absolute Gasteiger partial charge is 0.383 e. The van der Waals surface area contributed by atoms with E-state index in [0.29, 0.717) is 13.2 Å². The summed E-state index contributed by atoms with van der Waals surface area (Å²) in [5, 5.41) is 7.10. The standard InChI is InChI=1S/C16H21N3O2/c1-10-3-4-14-12(7-10)13-8-11(9-15(13)19-14)18-16(20)17-5-6-21-2/h3-4,7,11,19H,5-6,8-9H2,1-2H3,(H2,17,18,20). The number of methoxy groups -OCH3 is 1. The molecule has 5 nitrogen and oxygen atoms in total. The molecule has 1 unspecified atom stereocenters. The number of H-pyrrole nitrogens is 1. The number of benzene rings is 1. The second-order valence-electron chi connectivity index (χ2n) is 5.63. The Morgan fingerprint density at radius 3 is 3.10 bits per heavy atom. The van der Waals surface area contributed by atoms with Gasteiger partial charge in [0.2, 0.25) is 0 Å². The Kier molecular flexibility index (Phi) is 3.84. The number of aromatic nitrogens is 1. The van der Waals surface area contributed by atoms with E-state index in [1.54, 1.807) is 7.11 Å². The first kappa shape index (κ1) is 13.9. The van der Waals surface area contributed by atoms with E-state index in [1.165, 1.54) is 27.7 Å². The van der Waals surface area contributed by atoms with Crippen molar-refractivity contribution in [1.82, 2.24) is 15.6 Å². The molecule has 1 aromatic heterocycles. The van der Waals surface area contributed by atoms with Crippen LogP contribution in [0.3, 0.4) is 0 Å². The van der Waals surface area contributed by atoms with Gasteiger partial charge in [-0.05, 0) is 31.0 Å². The number of fused-ring (bicyclic) bond motifs is 3. The molecule has 112 valence electrons. The first-order valence-electron chi connectivity index (χ1n) is 7.30. The highest BCUT2D eigenvalue weighted by Gasteiger charge is 2.26. The minimum absolute atomic E-state index is 0.123. The Morgan fingerprint density at radius 1 is 1.43 bits per heavy atom. The van der Waals surface area contributed by atoms with Gasteiger partial charge in [-0.2, -0.15) is 0 Å². The number of carbonyl (C=O) groups excluding carboxylic acids is 1. The molecule has 0 saturated heterocycles. The summed E-state index contributed by atoms with van der Waals surface area (Å²) in [6.45, 7) is 3.16. The van der Waals surface area contributed by atoms with E-state index in [2.05, 4.69) is 40.7 Å². The Hall–Kier alpha value is -2.01. The quantitative estimate of drug-likeness (QED) is 0.752. The van der Waals surface area contributed by atoms with Gasteiger partial charge in [0.05, 0.1) is 6.61 Å². The smallest absolute Gasteiger partial charge is 0.315 e. The van der Waals surface area contributed by atoms with Crippen LogP contribution in [-0.4, -0.2) is 37.3 Å². The van der Waals surface area contributed by atoms with Gasteiger partial charge >= 0.3 is 6.03 Å². The van der Waals surface area contributed by atoms with Crippen LogP contribution in [0.25, 0.3) is 10.9 Å². The SMILES string of the molecule is COCCNC(=O)NC1Cc2[nH]c3ccc(C)cc3c2C1. The number of hydrogen-bond donors (Lipinski definition) is 3. The molecule has 2 amide bonds. The van der Waals surface area contributed by atoms with Crippen molar-refractivity contribution in [2.24, 2.45) is 0 Å². The van der Waals surface area contributed by atoms with Crippen LogP contribution in [0, 0.1) is 6.92 Å². The zero-order valence-corrected chi connectivity index (χ0v) is 12.5. The van der Waals surface area contributed by atoms with Gasteiger partial charge in [-0.3, -0.25) is 0 Å². The summed E-state index contributed by atoms with van der Waals surface area (Å²) in [6, 6.07) is 6.50. The average Bonchev–Trinajstić information content (AvgIpc) is 2.96. The number of hydrogen-bond acceptors (Lipinski definition) is 2. The third-order valence-electron chi connectivity index (χ3n) is 3.98. The first-order valence-corrected chi connectivity index (χ1v) is 7.30. The summed E-state index contributed by atoms with van der Waals surface area (Å²) in [6.07, 6.45) is 1.75. The summed E-state index contributed by atoms with van der Waals surface area (Å²) in [7, 11) is 1.62. The maximum absolute atomic E-state index is 11.8. The molecule has 1 aromatic carbocycles. The van der Waals surface area contributed by atoms with E-state index < -0.39 is 0 Å². The van der Waals surface area contributed by atoms with Crippen LogP contribution in [0.2, 0.25) is 0 Å². The van der Waals surface area contributed by atoms with Crippen LogP contribution in [0.1, 0.15) is 16.8 Å². The Morgan fingerprint density at radius 2 is 2.29 bits per heavy atom. The zero-order chi connectivity index (χ0) is 14.8. The average molecular weight is 287 g/mol. The zero-order valence-electron chi connectivity index (χ0n) is 12.5. The van der Waals surface area contributed by atoms with E-state index in [9.17, 15) is 4.79 Å². The summed E-state index contributed by atoms with van der Waals surface area (Å²) in [5.41, 5.74) is 5.04. The molecule has 3 rings (SSSR count). The van der Waals surface area contributed by atoms with Gasteiger partial charge in [0.1, 0.15) is 0 Å². The number of urea groups is 1. The summed E-state index contributed by atoms with van der Waals surface area (Å²) in [4.78, 5) is 15.2. The second kappa shape index (κ2) is 5.77. The minimum atomic E-state index is -0.123. The molecule has 1 aliphatic carbocycles. The highest BCUT2D eigenvalue weighted by Crippen LogP contribution is 2.30. The normalized spacial score (nSPS) is 17.0. The Labute approximate surface area is 124 Å². The van der Waals surface area contributed by atoms with Gasteiger partial charge in [0, 0.05) is 42.7 Å². The van der Waals surface area contributed by atoms with Crippen LogP contribution in [0.15, 0.2) is 18.2 Å². The number of nitrogens with one attached hydrogen (secondary N) is 3. The molecule has 1 atom stereocenters. The summed E-state index contributed by atoms with van der Waals surface area (Å²) < 4.78 is 4.91. The van der Waals surface area contributed by atoms with E-state index >= 15 is 0 Å². The van der Waals surface area contributed by atoms with Crippen molar-refractivity contribution in [1.29, 1.82) is 0 Å². The maximum Gasteiger partial charge on any atom is 0.315 e. The third-order valence-corrected chi connectivity index (χ3v) is 3.98. The van der Waals surface area contributed by atoms with Gasteiger partial charge < -0.3 is 20.4 Å². The number of ether oxygens (including phenoxy) is 1. The second-order valence-corrected chi connectivity index (χ2v) is 5.63. The molecule has 2 aromatic rings. The molecular formula is C16H21N3O2. The number of aromatic amines is 1. The molecule has 5 heteroatoms. The monoisotopic (exact) mass is 287 g/mol. The maximum atomic E-state index is 11.8. The molecular weight excluding hydrogens is 266 g/mol. The first-order chi connectivity index (χ1) is 10.2. The molecule has 21 heavy (non-hydrogen) atoms. The van der Waals surface area contributed by atoms with Gasteiger partial charge in [-0.1, -0.05) is 11.6 Å². The van der Waals surface area contributed by atoms with E-state index in [4.69, 9.17) is 4.74 Å². The van der Waals surface area contributed by atoms with Crippen LogP contribution in [-0.2, 0) is 17.6 Å². The lowest BCUT2D eigenvalue weighted by molar-refractivity contribution is 0.195. The van der Waals surface area contributed by atoms with Crippen molar-refractivity contribution in [3.05, 3.63) is 35.0 Å². The van der Waals surface area contributed by atoms with Crippen molar-refractivity contribution in [3.63, 3.8) is 0 Å². The number of aryl methyl sites for hydroxylation is 1. The van der Waals surface area contributed by atoms with Gasteiger partial charge in [-0.15, -0.1) is 0 Å². The van der Waals surface area contributed by atoms with Crippen molar-refractivity contribution < 1.29 is 9.53 Å². The Balaban J connectivity index is 1.65. The summed E-state index contributed by atoms with van der Waals surface area (Å²) >= 11 is 0. The van der Waals surface area contributed by atoms with Crippen molar-refractivity contribution in [2.45, 2.75) is 25.8 Å². The molecule has 0 bridgehead atoms. The topological polar surface area (TPSA) is 66.2 Å². The van der Waals surface area contributed by atoms with E-state index in [0.717, 1.165) is 12.8 Å². The van der Waals surface area contributed by atoms with Gasteiger partial charge in [0.25, 0.3) is 0 Å². The highest BCUT2D eigenvalue weighted by molar-refractivity contribution is 5.86. The summed E-state index contributed by atoms with van der Waals surface area (Å²) in [5.74, 6) is 0. The number of rotatable bonds is 4. The third kappa shape index (κ3) is 2.88. The fourth-order valence-corrected chi connectivity index (χ4v) is 2.99. The Bertz CT molecular complexity index is 663. The van der Waals surface area contributed by atoms with Crippen LogP contribution in [0.5, 0.6) is 0 Å². The minimum Gasteiger partial charge on any atom is -0.383 e. The molecule has 3 N–H and O–H groups in total. The van der Waals surface area contributed by atoms with Gasteiger partial charge in [0.15, 0.2) is 0 Å². The molecule has 0 saturated carbocycles. The number of amides is 2. The van der Waals surface area contributed by atoms with Gasteiger partial charge in [-0.25, -0.2) is 4.79 Å². The number of carbonyl (C=O) groups is 1. The lowest BCUT2D eigenvalue weighted by atomic mass is 10.1. The fourth-order valence-electron chi connectivity index (χ4n) is 2.99. The fraction of sp³-hybridized carbons (Fsp3) is 0.438. The van der Waals surface area contributed by atoms with Crippen molar-refractivity contribution >= 4 is 16.9 Å². The van der Waals surface area contributed by atoms with Crippen molar-refractivity contribution in [2.75, 3.05) is 20.3 Å². The molecule has 0 fully saturated rings. The molecule has 0 spiro atoms. The predicted molar refractivity (Wildman–Crippen MR) is 82.6 cm³/mol. The molecule has 0 aliphatic heterocycles. The van der Waals surface area contributed by atoms with Crippen LogP contribution in [0.4, 0.5) is 4.79 Å². The van der Waals surface area contributed by atoms with E-state index in [1.807, 2.05) is 0 Å². The molecule has 1 heterocycles. The van der Waals surface area contributed by atoms with Crippen LogP contribution < -0.4 is 10.6 Å². The lowest BCUT2D eigenvalue weighted by Crippen LogP contribution is -2.43. The molecule has 0 radical (unpaired) electrons. The van der Waals surface area contributed by atoms with E-state index in [-0.39, 0.29) is 12.1 Å². The highest BCUT2D eigenvalue weighted by atomic mass is 16.5. The van der Waals surface area contributed by atoms with Crippen molar-refractivity contribution in [3.8, 4) is 0 Å².